The maximum Gasteiger partial charge on any atom is 0.349 e. The maximum absolute atomic E-state index is 12.3. The molecule has 1 amide bonds. The molecule has 4 aromatic rings. The number of hydrogen-bond acceptors (Lipinski definition) is 5. The lowest BCUT2D eigenvalue weighted by Crippen LogP contribution is -2.18. The van der Waals surface area contributed by atoms with Gasteiger partial charge >= 0.3 is 5.97 Å². The van der Waals surface area contributed by atoms with Gasteiger partial charge in [0.25, 0.3) is 5.91 Å². The highest BCUT2D eigenvalue weighted by Gasteiger charge is 2.22. The number of hydrazone groups is 1. The number of rotatable bonds is 7. The second-order valence-corrected chi connectivity index (χ2v) is 7.79. The van der Waals surface area contributed by atoms with Crippen molar-refractivity contribution in [3.8, 4) is 5.75 Å². The Labute approximate surface area is 200 Å². The lowest BCUT2D eigenvalue weighted by atomic mass is 10.0. The first-order valence-electron chi connectivity index (χ1n) is 10.3. The van der Waals surface area contributed by atoms with Crippen LogP contribution in [-0.2, 0) is 4.79 Å². The average Bonchev–Trinajstić information content (AvgIpc) is 2.85. The van der Waals surface area contributed by atoms with Crippen LogP contribution < -0.4 is 15.9 Å². The van der Waals surface area contributed by atoms with E-state index in [1.165, 1.54) is 12.3 Å². The molecule has 0 saturated heterocycles. The molecule has 4 rings (SSSR count). The number of amides is 1. The third kappa shape index (κ3) is 5.00. The number of aliphatic carboxylic acids is 1. The highest BCUT2D eigenvalue weighted by atomic mass is 35.5. The molecule has 1 atom stereocenters. The summed E-state index contributed by atoms with van der Waals surface area (Å²) in [4.78, 5) is 24.2. The number of nitrogen functional groups attached to an aromatic ring is 1. The molecule has 0 aliphatic rings. The molecule has 0 heterocycles. The molecule has 7 nitrogen and oxygen atoms in total. The van der Waals surface area contributed by atoms with Crippen molar-refractivity contribution in [3.05, 3.63) is 107 Å². The zero-order valence-electron chi connectivity index (χ0n) is 17.8. The number of carboxylic acid groups (broad SMARTS) is 1. The number of carbonyl (C=O) groups excluding carboxylic acids is 1. The molecule has 8 heteroatoms. The van der Waals surface area contributed by atoms with Crippen molar-refractivity contribution < 1.29 is 19.4 Å². The van der Waals surface area contributed by atoms with E-state index < -0.39 is 18.0 Å². The number of carboxylic acids is 1. The minimum Gasteiger partial charge on any atom is -0.478 e. The van der Waals surface area contributed by atoms with Gasteiger partial charge in [-0.15, -0.1) is 0 Å². The maximum atomic E-state index is 12.3. The molecule has 0 fully saturated rings. The molecule has 0 bridgehead atoms. The van der Waals surface area contributed by atoms with Crippen molar-refractivity contribution >= 4 is 46.2 Å². The Morgan fingerprint density at radius 1 is 0.971 bits per heavy atom. The summed E-state index contributed by atoms with van der Waals surface area (Å²) < 4.78 is 5.92. The number of fused-ring (bicyclic) bond motifs is 1. The summed E-state index contributed by atoms with van der Waals surface area (Å²) >= 11 is 5.97. The molecular weight excluding hydrogens is 454 g/mol. The van der Waals surface area contributed by atoms with Crippen molar-refractivity contribution in [1.82, 2.24) is 5.43 Å². The van der Waals surface area contributed by atoms with Crippen LogP contribution in [0.2, 0.25) is 5.02 Å². The van der Waals surface area contributed by atoms with Crippen molar-refractivity contribution in [2.75, 3.05) is 5.73 Å². The summed E-state index contributed by atoms with van der Waals surface area (Å²) in [5, 5.41) is 15.5. The minimum atomic E-state index is -1.16. The zero-order chi connectivity index (χ0) is 24.1. The van der Waals surface area contributed by atoms with Crippen molar-refractivity contribution in [3.63, 3.8) is 0 Å². The molecule has 0 aliphatic carbocycles. The molecular formula is C26H20ClN3O4. The van der Waals surface area contributed by atoms with Crippen LogP contribution in [0.3, 0.4) is 0 Å². The van der Waals surface area contributed by atoms with Crippen LogP contribution in [0.5, 0.6) is 5.75 Å². The number of benzene rings is 4. The largest absolute Gasteiger partial charge is 0.478 e. The van der Waals surface area contributed by atoms with Crippen molar-refractivity contribution in [2.24, 2.45) is 5.10 Å². The van der Waals surface area contributed by atoms with Gasteiger partial charge in [-0.2, -0.15) is 5.10 Å². The fraction of sp³-hybridized carbons (Fsp3) is 0.0385. The van der Waals surface area contributed by atoms with E-state index in [4.69, 9.17) is 22.1 Å². The van der Waals surface area contributed by atoms with Crippen LogP contribution in [0.15, 0.2) is 90.0 Å². The van der Waals surface area contributed by atoms with Gasteiger partial charge in [0, 0.05) is 22.1 Å². The first-order chi connectivity index (χ1) is 16.4. The summed E-state index contributed by atoms with van der Waals surface area (Å²) in [6.45, 7) is 0. The SMILES string of the molecule is Nc1ccc(C(=O)N/N=C/c2ccc(OC(C(=O)O)c3ccccc3)c3ccccc23)cc1Cl. The number of halogens is 1. The minimum absolute atomic E-state index is 0.286. The fourth-order valence-corrected chi connectivity index (χ4v) is 3.60. The predicted octanol–water partition coefficient (Wildman–Crippen LogP) is 5.04. The van der Waals surface area contributed by atoms with Gasteiger partial charge in [-0.05, 0) is 35.7 Å². The van der Waals surface area contributed by atoms with E-state index in [9.17, 15) is 14.7 Å². The summed E-state index contributed by atoms with van der Waals surface area (Å²) in [5.41, 5.74) is 10.1. The van der Waals surface area contributed by atoms with Crippen LogP contribution in [0.4, 0.5) is 5.69 Å². The molecule has 0 spiro atoms. The highest BCUT2D eigenvalue weighted by Crippen LogP contribution is 2.31. The van der Waals surface area contributed by atoms with Gasteiger partial charge in [0.05, 0.1) is 16.9 Å². The van der Waals surface area contributed by atoms with E-state index in [0.29, 0.717) is 33.5 Å². The van der Waals surface area contributed by atoms with E-state index in [0.717, 1.165) is 5.39 Å². The number of nitrogens with zero attached hydrogens (tertiary/aromatic N) is 1. The Morgan fingerprint density at radius 2 is 1.68 bits per heavy atom. The molecule has 0 saturated carbocycles. The molecule has 0 aromatic heterocycles. The molecule has 4 aromatic carbocycles. The monoisotopic (exact) mass is 473 g/mol. The highest BCUT2D eigenvalue weighted by molar-refractivity contribution is 6.33. The molecule has 0 aliphatic heterocycles. The topological polar surface area (TPSA) is 114 Å². The van der Waals surface area contributed by atoms with Crippen LogP contribution >= 0.6 is 11.6 Å². The Balaban J connectivity index is 1.58. The van der Waals surface area contributed by atoms with E-state index in [1.54, 1.807) is 48.5 Å². The lowest BCUT2D eigenvalue weighted by Gasteiger charge is -2.17. The first-order valence-corrected chi connectivity index (χ1v) is 10.7. The smallest absolute Gasteiger partial charge is 0.349 e. The van der Waals surface area contributed by atoms with E-state index in [1.807, 2.05) is 30.3 Å². The molecule has 4 N–H and O–H groups in total. The average molecular weight is 474 g/mol. The van der Waals surface area contributed by atoms with Gasteiger partial charge in [-0.1, -0.05) is 66.2 Å². The second-order valence-electron chi connectivity index (χ2n) is 7.38. The quantitative estimate of drug-likeness (QED) is 0.197. The summed E-state index contributed by atoms with van der Waals surface area (Å²) in [6, 6.07) is 24.1. The van der Waals surface area contributed by atoms with Crippen molar-refractivity contribution in [2.45, 2.75) is 6.10 Å². The molecule has 1 unspecified atom stereocenters. The number of nitrogens with one attached hydrogen (secondary N) is 1. The van der Waals surface area contributed by atoms with Gasteiger partial charge in [0.15, 0.2) is 0 Å². The predicted molar refractivity (Wildman–Crippen MR) is 132 cm³/mol. The summed E-state index contributed by atoms with van der Waals surface area (Å²) in [5.74, 6) is -1.11. The van der Waals surface area contributed by atoms with Gasteiger partial charge in [-0.3, -0.25) is 4.79 Å². The second kappa shape index (κ2) is 10.1. The van der Waals surface area contributed by atoms with Gasteiger partial charge < -0.3 is 15.6 Å². The number of ether oxygens (including phenoxy) is 1. The van der Waals surface area contributed by atoms with E-state index in [2.05, 4.69) is 10.5 Å². The Morgan fingerprint density at radius 3 is 2.38 bits per heavy atom. The van der Waals surface area contributed by atoms with Crippen molar-refractivity contribution in [1.29, 1.82) is 0 Å². The van der Waals surface area contributed by atoms with Crippen LogP contribution in [0.1, 0.15) is 27.6 Å². The Kier molecular flexibility index (Phi) is 6.75. The number of hydrogen-bond donors (Lipinski definition) is 3. The standard InChI is InChI=1S/C26H20ClN3O4/c27-21-14-17(10-12-22(21)28)25(31)30-29-15-18-11-13-23(20-9-5-4-8-19(18)20)34-24(26(32)33)16-6-2-1-3-7-16/h1-15,24H,28H2,(H,30,31)(H,32,33)/b29-15+. The summed E-state index contributed by atoms with van der Waals surface area (Å²) in [6.07, 6.45) is 0.351. The van der Waals surface area contributed by atoms with Gasteiger partial charge in [-0.25, -0.2) is 10.2 Å². The molecule has 34 heavy (non-hydrogen) atoms. The first kappa shape index (κ1) is 22.8. The third-order valence-corrected chi connectivity index (χ3v) is 5.45. The number of anilines is 1. The zero-order valence-corrected chi connectivity index (χ0v) is 18.6. The van der Waals surface area contributed by atoms with Crippen LogP contribution in [0, 0.1) is 0 Å². The molecule has 0 radical (unpaired) electrons. The van der Waals surface area contributed by atoms with Crippen LogP contribution in [0.25, 0.3) is 10.8 Å². The van der Waals surface area contributed by atoms with E-state index in [-0.39, 0.29) is 5.02 Å². The number of carbonyl (C=O) groups is 2. The summed E-state index contributed by atoms with van der Waals surface area (Å²) in [7, 11) is 0. The van der Waals surface area contributed by atoms with E-state index >= 15 is 0 Å². The lowest BCUT2D eigenvalue weighted by molar-refractivity contribution is -0.145. The normalized spacial score (nSPS) is 11.9. The third-order valence-electron chi connectivity index (χ3n) is 5.12. The fourth-order valence-electron chi connectivity index (χ4n) is 3.42. The number of nitrogens with two attached hydrogens (primary N) is 1. The van der Waals surface area contributed by atoms with Crippen LogP contribution in [-0.4, -0.2) is 23.2 Å². The van der Waals surface area contributed by atoms with Gasteiger partial charge in [0.1, 0.15) is 5.75 Å². The Hall–Kier alpha value is -4.36. The van der Waals surface area contributed by atoms with Gasteiger partial charge in [0.2, 0.25) is 6.10 Å². The Bertz CT molecular complexity index is 1390. The molecule has 170 valence electrons.